The molecule has 0 saturated carbocycles. The van der Waals surface area contributed by atoms with Crippen LogP contribution in [-0.4, -0.2) is 19.5 Å². The van der Waals surface area contributed by atoms with Crippen LogP contribution in [0.3, 0.4) is 0 Å². The molecule has 0 fully saturated rings. The number of hydrogen-bond acceptors (Lipinski definition) is 2. The highest BCUT2D eigenvalue weighted by Gasteiger charge is 1.66. The smallest absolute Gasteiger partial charge is 0.311 e. The highest BCUT2D eigenvalue weighted by Crippen LogP contribution is 1.62. The lowest BCUT2D eigenvalue weighted by atomic mass is 11.3. The Morgan fingerprint density at radius 3 is 1.71 bits per heavy atom. The minimum atomic E-state index is -0.861. The molecule has 0 bridgehead atoms. The van der Waals surface area contributed by atoms with E-state index in [0.717, 1.165) is 0 Å². The Bertz CT molecular complexity index is 44.2. The Morgan fingerprint density at radius 1 is 1.71 bits per heavy atom. The number of nitrogens with one attached hydrogen (secondary N) is 1. The van der Waals surface area contributed by atoms with Crippen molar-refractivity contribution in [3.63, 3.8) is 0 Å². The maximum atomic E-state index is 8.99. The quantitative estimate of drug-likeness (QED) is 0.357. The maximum absolute atomic E-state index is 8.99. The Kier molecular flexibility index (Phi) is 13.0. The second-order valence-corrected chi connectivity index (χ2v) is 1.18. The number of carbonyl (C=O) groups is 1. The summed E-state index contributed by atoms with van der Waals surface area (Å²) in [5, 5.41) is 1.89. The third kappa shape index (κ3) is 1010. The van der Waals surface area contributed by atoms with Crippen molar-refractivity contribution in [3.8, 4) is 0 Å². The van der Waals surface area contributed by atoms with Gasteiger partial charge in [0.05, 0.1) is 0 Å². The molecule has 44 valence electrons. The molecule has 0 aromatic carbocycles. The zero-order chi connectivity index (χ0) is 6.28. The van der Waals surface area contributed by atoms with Crippen molar-refractivity contribution in [3.05, 3.63) is 0 Å². The Hall–Kier alpha value is -0.280. The number of rotatable bonds is 0. The summed E-state index contributed by atoms with van der Waals surface area (Å²) < 4.78 is 0. The van der Waals surface area contributed by atoms with E-state index in [9.17, 15) is 0 Å². The highest BCUT2D eigenvalue weighted by atomic mass is 35.5. The molecule has 0 rings (SSSR count). The van der Waals surface area contributed by atoms with Crippen molar-refractivity contribution in [1.29, 1.82) is 0 Å². The van der Waals surface area contributed by atoms with Gasteiger partial charge in [0.2, 0.25) is 0 Å². The lowest BCUT2D eigenvalue weighted by molar-refractivity contribution is 0.266. The summed E-state index contributed by atoms with van der Waals surface area (Å²) in [5.41, 5.74) is 4.24. The molecule has 3 nitrogen and oxygen atoms in total. The average Bonchev–Trinajstić information content (AvgIpc) is 1.33. The molecule has 0 aliphatic rings. The number of nitrogens with two attached hydrogens (primary N) is 1. The van der Waals surface area contributed by atoms with Crippen LogP contribution in [0.25, 0.3) is 0 Å². The first kappa shape index (κ1) is 9.87. The van der Waals surface area contributed by atoms with Crippen LogP contribution in [0.1, 0.15) is 0 Å². The van der Waals surface area contributed by atoms with Crippen molar-refractivity contribution in [1.82, 2.24) is 5.32 Å². The first-order chi connectivity index (χ1) is 3.15. The monoisotopic (exact) mass is 124 g/mol. The van der Waals surface area contributed by atoms with E-state index in [1.807, 2.05) is 14.1 Å². The first-order valence-corrected chi connectivity index (χ1v) is 2.06. The van der Waals surface area contributed by atoms with E-state index in [1.165, 1.54) is 0 Å². The molecule has 0 radical (unpaired) electrons. The van der Waals surface area contributed by atoms with Gasteiger partial charge < -0.3 is 11.1 Å². The summed E-state index contributed by atoms with van der Waals surface area (Å²) >= 11 is 4.41. The first-order valence-electron chi connectivity index (χ1n) is 1.68. The minimum Gasteiger partial charge on any atom is -0.356 e. The third-order valence-corrected chi connectivity index (χ3v) is 0. The molecule has 0 saturated heterocycles. The average molecular weight is 125 g/mol. The summed E-state index contributed by atoms with van der Waals surface area (Å²) in [6, 6.07) is 0. The van der Waals surface area contributed by atoms with Crippen LogP contribution in [0.15, 0.2) is 0 Å². The van der Waals surface area contributed by atoms with Crippen LogP contribution in [0, 0.1) is 0 Å². The number of primary amides is 1. The van der Waals surface area contributed by atoms with Crippen LogP contribution in [-0.2, 0) is 0 Å². The van der Waals surface area contributed by atoms with Crippen LogP contribution < -0.4 is 11.1 Å². The normalized spacial score (nSPS) is 6.14. The van der Waals surface area contributed by atoms with Gasteiger partial charge >= 0.3 is 5.37 Å². The minimum absolute atomic E-state index is 0.861. The molecule has 0 aliphatic carbocycles. The largest absolute Gasteiger partial charge is 0.356 e. The zero-order valence-corrected chi connectivity index (χ0v) is 5.12. The van der Waals surface area contributed by atoms with E-state index in [2.05, 4.69) is 22.7 Å². The number of hydrogen-bond donors (Lipinski definition) is 2. The molecule has 0 spiro atoms. The third-order valence-electron chi connectivity index (χ3n) is 0. The van der Waals surface area contributed by atoms with E-state index in [-0.39, 0.29) is 0 Å². The van der Waals surface area contributed by atoms with Gasteiger partial charge in [0.25, 0.3) is 0 Å². The van der Waals surface area contributed by atoms with E-state index in [1.54, 1.807) is 0 Å². The van der Waals surface area contributed by atoms with Crippen LogP contribution >= 0.6 is 11.6 Å². The van der Waals surface area contributed by atoms with E-state index in [0.29, 0.717) is 0 Å². The predicted molar refractivity (Wildman–Crippen MR) is 30.4 cm³/mol. The van der Waals surface area contributed by atoms with Gasteiger partial charge in [-0.25, -0.2) is 0 Å². The molecule has 4 heteroatoms. The maximum Gasteiger partial charge on any atom is 0.311 e. The Labute approximate surface area is 47.8 Å². The molecular weight excluding hydrogens is 115 g/mol. The van der Waals surface area contributed by atoms with Crippen LogP contribution in [0.4, 0.5) is 4.79 Å². The van der Waals surface area contributed by atoms with Gasteiger partial charge in [0.15, 0.2) is 0 Å². The number of halogens is 1. The van der Waals surface area contributed by atoms with Crippen molar-refractivity contribution in [2.75, 3.05) is 14.1 Å². The fourth-order valence-electron chi connectivity index (χ4n) is 0. The summed E-state index contributed by atoms with van der Waals surface area (Å²) in [4.78, 5) is 8.99. The summed E-state index contributed by atoms with van der Waals surface area (Å²) in [5.74, 6) is 0. The Balaban J connectivity index is 0. The molecule has 0 heterocycles. The second-order valence-electron chi connectivity index (χ2n) is 0.804. The fraction of sp³-hybridized carbons (Fsp3) is 0.667. The molecule has 7 heavy (non-hydrogen) atoms. The van der Waals surface area contributed by atoms with Gasteiger partial charge in [0, 0.05) is 0 Å². The van der Waals surface area contributed by atoms with E-state index < -0.39 is 5.37 Å². The van der Waals surface area contributed by atoms with Gasteiger partial charge in [-0.1, -0.05) is 0 Å². The predicted octanol–water partition coefficient (Wildman–Crippen LogP) is 0.140. The standard InChI is InChI=1S/C2H7N.CH2ClNO/c1-3-2;2-1(3)4/h3H,1-2H3;(H2,3,4). The highest BCUT2D eigenvalue weighted by molar-refractivity contribution is 6.62. The number of amides is 1. The van der Waals surface area contributed by atoms with Gasteiger partial charge in [-0.15, -0.1) is 0 Å². The van der Waals surface area contributed by atoms with E-state index >= 15 is 0 Å². The van der Waals surface area contributed by atoms with Gasteiger partial charge in [-0.3, -0.25) is 4.79 Å². The van der Waals surface area contributed by atoms with Crippen molar-refractivity contribution >= 4 is 17.0 Å². The van der Waals surface area contributed by atoms with Gasteiger partial charge in [-0.2, -0.15) is 0 Å². The molecular formula is C3H9ClN2O. The number of carbonyl (C=O) groups excluding carboxylic acids is 1. The van der Waals surface area contributed by atoms with Crippen molar-refractivity contribution in [2.24, 2.45) is 5.73 Å². The van der Waals surface area contributed by atoms with Crippen molar-refractivity contribution < 1.29 is 4.79 Å². The van der Waals surface area contributed by atoms with Crippen molar-refractivity contribution in [2.45, 2.75) is 0 Å². The van der Waals surface area contributed by atoms with Gasteiger partial charge in [0.1, 0.15) is 0 Å². The summed E-state index contributed by atoms with van der Waals surface area (Å²) in [6.45, 7) is 0. The Morgan fingerprint density at radius 2 is 1.71 bits per heavy atom. The SMILES string of the molecule is CNC.NC(=O)Cl. The molecule has 3 N–H and O–H groups in total. The summed E-state index contributed by atoms with van der Waals surface area (Å²) in [6.07, 6.45) is 0. The molecule has 0 aliphatic heterocycles. The lowest BCUT2D eigenvalue weighted by Crippen LogP contribution is -1.94. The topological polar surface area (TPSA) is 55.1 Å². The molecule has 0 aromatic heterocycles. The van der Waals surface area contributed by atoms with Crippen LogP contribution in [0.5, 0.6) is 0 Å². The zero-order valence-electron chi connectivity index (χ0n) is 4.36. The molecule has 0 atom stereocenters. The molecule has 0 aromatic rings. The summed E-state index contributed by atoms with van der Waals surface area (Å²) in [7, 11) is 3.75. The molecule has 0 unspecified atom stereocenters. The molecule has 1 amide bonds. The van der Waals surface area contributed by atoms with E-state index in [4.69, 9.17) is 4.79 Å². The second kappa shape index (κ2) is 9.21. The lowest BCUT2D eigenvalue weighted by Gasteiger charge is -1.59. The van der Waals surface area contributed by atoms with Crippen LogP contribution in [0.2, 0.25) is 0 Å². The fourth-order valence-corrected chi connectivity index (χ4v) is 0. The van der Waals surface area contributed by atoms with Gasteiger partial charge in [-0.05, 0) is 25.7 Å².